The van der Waals surface area contributed by atoms with Crippen molar-refractivity contribution in [2.45, 2.75) is 27.2 Å². The molecule has 0 saturated carbocycles. The van der Waals surface area contributed by atoms with Crippen molar-refractivity contribution in [3.63, 3.8) is 0 Å². The number of aryl methyl sites for hydroxylation is 1. The van der Waals surface area contributed by atoms with Crippen LogP contribution in [0.25, 0.3) is 0 Å². The van der Waals surface area contributed by atoms with Gasteiger partial charge in [0.1, 0.15) is 0 Å². The van der Waals surface area contributed by atoms with Gasteiger partial charge in [-0.3, -0.25) is 4.90 Å². The lowest BCUT2D eigenvalue weighted by atomic mass is 9.96. The van der Waals surface area contributed by atoms with E-state index in [-0.39, 0.29) is 6.03 Å². The third kappa shape index (κ3) is 4.27. The van der Waals surface area contributed by atoms with Crippen molar-refractivity contribution in [3.05, 3.63) is 29.3 Å². The molecule has 1 N–H and O–H groups in total. The molecule has 5 heteroatoms. The highest BCUT2D eigenvalue weighted by atomic mass is 16.2. The number of carbonyl (C=O) groups excluding carboxylic acids is 1. The zero-order valence-corrected chi connectivity index (χ0v) is 15.9. The van der Waals surface area contributed by atoms with Gasteiger partial charge in [0.15, 0.2) is 0 Å². The number of piperazine rings is 1. The summed E-state index contributed by atoms with van der Waals surface area (Å²) in [4.78, 5) is 18.7. The third-order valence-electron chi connectivity index (χ3n) is 5.71. The Morgan fingerprint density at radius 1 is 1.16 bits per heavy atom. The third-order valence-corrected chi connectivity index (χ3v) is 5.71. The molecule has 0 unspecified atom stereocenters. The summed E-state index contributed by atoms with van der Waals surface area (Å²) in [6.07, 6.45) is 1.21. The van der Waals surface area contributed by atoms with Gasteiger partial charge < -0.3 is 15.1 Å². The normalized spacial score (nSPS) is 19.0. The number of rotatable bonds is 5. The molecule has 2 saturated heterocycles. The Morgan fingerprint density at radius 2 is 1.88 bits per heavy atom. The van der Waals surface area contributed by atoms with E-state index < -0.39 is 0 Å². The van der Waals surface area contributed by atoms with Crippen molar-refractivity contribution in [2.75, 3.05) is 57.3 Å². The highest BCUT2D eigenvalue weighted by Crippen LogP contribution is 2.24. The summed E-state index contributed by atoms with van der Waals surface area (Å²) in [5.41, 5.74) is 4.19. The maximum Gasteiger partial charge on any atom is 0.317 e. The van der Waals surface area contributed by atoms with Crippen LogP contribution in [0.4, 0.5) is 10.5 Å². The van der Waals surface area contributed by atoms with Crippen LogP contribution in [0.2, 0.25) is 0 Å². The topological polar surface area (TPSA) is 38.8 Å². The molecule has 5 nitrogen and oxygen atoms in total. The second kappa shape index (κ2) is 8.09. The number of amides is 2. The Hall–Kier alpha value is -1.75. The fraction of sp³-hybridized carbons (Fsp3) is 0.650. The number of nitrogens with one attached hydrogen (secondary N) is 1. The predicted molar refractivity (Wildman–Crippen MR) is 103 cm³/mol. The number of nitrogens with zero attached hydrogens (tertiary/aromatic N) is 3. The van der Waals surface area contributed by atoms with Crippen LogP contribution in [-0.2, 0) is 0 Å². The molecule has 2 aliphatic heterocycles. The van der Waals surface area contributed by atoms with Crippen LogP contribution >= 0.6 is 0 Å². The highest BCUT2D eigenvalue weighted by Gasteiger charge is 2.30. The lowest BCUT2D eigenvalue weighted by Gasteiger charge is -2.41. The molecule has 0 spiro atoms. The second-order valence-electron chi connectivity index (χ2n) is 7.44. The first-order valence-electron chi connectivity index (χ1n) is 9.64. The molecule has 2 fully saturated rings. The molecule has 0 atom stereocenters. The van der Waals surface area contributed by atoms with E-state index in [0.717, 1.165) is 45.8 Å². The molecular weight excluding hydrogens is 312 g/mol. The molecule has 138 valence electrons. The molecule has 1 aromatic rings. The van der Waals surface area contributed by atoms with Gasteiger partial charge in [0.2, 0.25) is 0 Å². The van der Waals surface area contributed by atoms with Gasteiger partial charge in [-0.1, -0.05) is 12.1 Å². The number of carbonyl (C=O) groups is 1. The van der Waals surface area contributed by atoms with Crippen molar-refractivity contribution in [1.29, 1.82) is 0 Å². The molecular formula is C20H32N4O. The van der Waals surface area contributed by atoms with Gasteiger partial charge in [0.05, 0.1) is 0 Å². The molecule has 0 aromatic heterocycles. The molecule has 0 radical (unpaired) electrons. The van der Waals surface area contributed by atoms with Crippen molar-refractivity contribution < 1.29 is 4.79 Å². The summed E-state index contributed by atoms with van der Waals surface area (Å²) in [6, 6.07) is 6.71. The molecule has 2 aliphatic rings. The van der Waals surface area contributed by atoms with Gasteiger partial charge in [-0.25, -0.2) is 4.79 Å². The minimum atomic E-state index is 0.0980. The Kier molecular flexibility index (Phi) is 5.84. The van der Waals surface area contributed by atoms with Gasteiger partial charge in [-0.2, -0.15) is 0 Å². The lowest BCUT2D eigenvalue weighted by Crippen LogP contribution is -2.54. The first-order chi connectivity index (χ1) is 12.1. The monoisotopic (exact) mass is 344 g/mol. The zero-order valence-electron chi connectivity index (χ0n) is 15.9. The first kappa shape index (κ1) is 18.1. The van der Waals surface area contributed by atoms with Gasteiger partial charge in [0, 0.05) is 51.5 Å². The minimum Gasteiger partial charge on any atom is -0.369 e. The van der Waals surface area contributed by atoms with Gasteiger partial charge >= 0.3 is 6.03 Å². The summed E-state index contributed by atoms with van der Waals surface area (Å²) < 4.78 is 0. The van der Waals surface area contributed by atoms with E-state index in [1.54, 1.807) is 0 Å². The van der Waals surface area contributed by atoms with E-state index in [0.29, 0.717) is 12.5 Å². The van der Waals surface area contributed by atoms with Crippen LogP contribution in [0.1, 0.15) is 24.5 Å². The smallest absolute Gasteiger partial charge is 0.317 e. The lowest BCUT2D eigenvalue weighted by molar-refractivity contribution is 0.105. The maximum atomic E-state index is 11.7. The van der Waals surface area contributed by atoms with E-state index in [1.165, 1.54) is 23.2 Å². The van der Waals surface area contributed by atoms with Crippen LogP contribution < -0.4 is 10.2 Å². The van der Waals surface area contributed by atoms with Gasteiger partial charge in [-0.05, 0) is 56.8 Å². The fourth-order valence-electron chi connectivity index (χ4n) is 3.84. The number of hydrogen-bond donors (Lipinski definition) is 1. The van der Waals surface area contributed by atoms with Crippen LogP contribution in [0.5, 0.6) is 0 Å². The summed E-state index contributed by atoms with van der Waals surface area (Å²) in [6.45, 7) is 14.6. The van der Waals surface area contributed by atoms with E-state index in [9.17, 15) is 4.79 Å². The van der Waals surface area contributed by atoms with E-state index in [2.05, 4.69) is 47.2 Å². The van der Waals surface area contributed by atoms with Crippen molar-refractivity contribution >= 4 is 11.7 Å². The summed E-state index contributed by atoms with van der Waals surface area (Å²) >= 11 is 0. The summed E-state index contributed by atoms with van der Waals surface area (Å²) in [7, 11) is 0. The number of likely N-dealkylation sites (tertiary alicyclic amines) is 1. The Balaban J connectivity index is 1.38. The second-order valence-corrected chi connectivity index (χ2v) is 7.44. The molecule has 3 rings (SSSR count). The van der Waals surface area contributed by atoms with E-state index in [1.807, 2.05) is 11.8 Å². The summed E-state index contributed by atoms with van der Waals surface area (Å²) in [5, 5.41) is 2.87. The van der Waals surface area contributed by atoms with Crippen molar-refractivity contribution in [3.8, 4) is 0 Å². The van der Waals surface area contributed by atoms with Gasteiger partial charge in [0.25, 0.3) is 0 Å². The Labute approximate surface area is 152 Å². The molecule has 2 heterocycles. The van der Waals surface area contributed by atoms with E-state index >= 15 is 0 Å². The van der Waals surface area contributed by atoms with Crippen molar-refractivity contribution in [2.24, 2.45) is 5.92 Å². The van der Waals surface area contributed by atoms with Crippen LogP contribution in [-0.4, -0.2) is 68.2 Å². The SMILES string of the molecule is CCNC(=O)N1CC(CCN2CCN(c3cccc(C)c3C)CC2)C1. The first-order valence-corrected chi connectivity index (χ1v) is 9.64. The van der Waals surface area contributed by atoms with Crippen molar-refractivity contribution in [1.82, 2.24) is 15.1 Å². The fourth-order valence-corrected chi connectivity index (χ4v) is 3.84. The molecule has 1 aromatic carbocycles. The molecule has 2 amide bonds. The molecule has 0 aliphatic carbocycles. The maximum absolute atomic E-state index is 11.7. The van der Waals surface area contributed by atoms with Crippen LogP contribution in [0, 0.1) is 19.8 Å². The Morgan fingerprint density at radius 3 is 2.56 bits per heavy atom. The summed E-state index contributed by atoms with van der Waals surface area (Å²) in [5.74, 6) is 0.680. The average Bonchev–Trinajstić information content (AvgIpc) is 2.57. The van der Waals surface area contributed by atoms with Crippen LogP contribution in [0.3, 0.4) is 0 Å². The largest absolute Gasteiger partial charge is 0.369 e. The number of urea groups is 1. The average molecular weight is 345 g/mol. The number of benzene rings is 1. The molecule has 25 heavy (non-hydrogen) atoms. The minimum absolute atomic E-state index is 0.0980. The highest BCUT2D eigenvalue weighted by molar-refractivity contribution is 5.74. The number of anilines is 1. The van der Waals surface area contributed by atoms with E-state index in [4.69, 9.17) is 0 Å². The molecule has 0 bridgehead atoms. The standard InChI is InChI=1S/C20H32N4O/c1-4-21-20(25)24-14-18(15-24)8-9-22-10-12-23(13-11-22)19-7-5-6-16(2)17(19)3/h5-7,18H,4,8-15H2,1-3H3,(H,21,25). The quantitative estimate of drug-likeness (QED) is 0.892. The van der Waals surface area contributed by atoms with Crippen LogP contribution in [0.15, 0.2) is 18.2 Å². The van der Waals surface area contributed by atoms with Gasteiger partial charge in [-0.15, -0.1) is 0 Å². The Bertz CT molecular complexity index is 589. The number of hydrogen-bond acceptors (Lipinski definition) is 3. The predicted octanol–water partition coefficient (Wildman–Crippen LogP) is 2.48. The zero-order chi connectivity index (χ0) is 17.8.